The second kappa shape index (κ2) is 7.69. The number of nitro benzene ring substituents is 1. The highest BCUT2D eigenvalue weighted by Gasteiger charge is 2.21. The highest BCUT2D eigenvalue weighted by Crippen LogP contribution is 2.36. The summed E-state index contributed by atoms with van der Waals surface area (Å²) in [5.41, 5.74) is -0.374. The fourth-order valence-corrected chi connectivity index (χ4v) is 2.49. The fourth-order valence-electron chi connectivity index (χ4n) is 1.66. The van der Waals surface area contributed by atoms with E-state index in [4.69, 9.17) is 4.74 Å². The third-order valence-electron chi connectivity index (χ3n) is 2.60. The Kier molecular flexibility index (Phi) is 6.57. The first-order valence-corrected chi connectivity index (χ1v) is 7.29. The van der Waals surface area contributed by atoms with Crippen LogP contribution in [0.4, 0.5) is 10.1 Å². The smallest absolute Gasteiger partial charge is 0.315 e. The Morgan fingerprint density at radius 1 is 1.58 bits per heavy atom. The summed E-state index contributed by atoms with van der Waals surface area (Å²) < 4.78 is 18.9. The van der Waals surface area contributed by atoms with Gasteiger partial charge in [0.2, 0.25) is 5.75 Å². The Bertz CT molecular complexity index is 459. The first-order chi connectivity index (χ1) is 8.99. The van der Waals surface area contributed by atoms with Crippen LogP contribution in [0.3, 0.4) is 0 Å². The summed E-state index contributed by atoms with van der Waals surface area (Å²) in [6.45, 7) is 2.37. The van der Waals surface area contributed by atoms with Crippen LogP contribution < -0.4 is 4.74 Å². The topological polar surface area (TPSA) is 52.4 Å². The van der Waals surface area contributed by atoms with E-state index >= 15 is 0 Å². The molecule has 0 N–H and O–H groups in total. The van der Waals surface area contributed by atoms with E-state index in [0.717, 1.165) is 25.0 Å². The molecule has 106 valence electrons. The summed E-state index contributed by atoms with van der Waals surface area (Å²) in [7, 11) is 0. The zero-order chi connectivity index (χ0) is 14.4. The van der Waals surface area contributed by atoms with Crippen LogP contribution in [0.15, 0.2) is 16.6 Å². The molecule has 1 aromatic carbocycles. The normalized spacial score (nSPS) is 12.2. The molecule has 1 aromatic rings. The molecule has 0 aromatic heterocycles. The van der Waals surface area contributed by atoms with E-state index in [1.54, 1.807) is 0 Å². The number of hydrogen-bond acceptors (Lipinski definition) is 4. The maximum atomic E-state index is 13.2. The van der Waals surface area contributed by atoms with Gasteiger partial charge >= 0.3 is 5.69 Å². The quantitative estimate of drug-likeness (QED) is 0.454. The molecule has 0 fully saturated rings. The van der Waals surface area contributed by atoms with Crippen molar-refractivity contribution in [2.45, 2.75) is 19.8 Å². The molecule has 0 heterocycles. The zero-order valence-corrected chi connectivity index (χ0v) is 12.9. The Labute approximate surface area is 125 Å². The molecular weight excluding hydrogens is 337 g/mol. The van der Waals surface area contributed by atoms with Gasteiger partial charge in [0.1, 0.15) is 5.82 Å². The van der Waals surface area contributed by atoms with Crippen LogP contribution in [0.1, 0.15) is 19.8 Å². The van der Waals surface area contributed by atoms with E-state index < -0.39 is 10.7 Å². The van der Waals surface area contributed by atoms with Crippen LogP contribution in [-0.2, 0) is 0 Å². The van der Waals surface area contributed by atoms with E-state index in [9.17, 15) is 14.5 Å². The van der Waals surface area contributed by atoms with Crippen LogP contribution in [-0.4, -0.2) is 17.3 Å². The highest BCUT2D eigenvalue weighted by atomic mass is 79.9. The molecule has 0 aliphatic heterocycles. The molecule has 19 heavy (non-hydrogen) atoms. The molecular formula is C12H15BrFNO3S. The standard InChI is InChI=1S/C12H15BrFNO3S/c1-2-3-8(7-19)6-18-12-10(13)4-9(14)5-11(12)15(16)17/h4-5,8,19H,2-3,6-7H2,1H3. The number of rotatable bonds is 7. The fraction of sp³-hybridized carbons (Fsp3) is 0.500. The Morgan fingerprint density at radius 2 is 2.26 bits per heavy atom. The van der Waals surface area contributed by atoms with Crippen LogP contribution in [0.2, 0.25) is 0 Å². The van der Waals surface area contributed by atoms with Gasteiger partial charge in [-0.3, -0.25) is 10.1 Å². The third-order valence-corrected chi connectivity index (χ3v) is 3.71. The van der Waals surface area contributed by atoms with Crippen LogP contribution >= 0.6 is 28.6 Å². The van der Waals surface area contributed by atoms with E-state index in [1.807, 2.05) is 6.92 Å². The zero-order valence-electron chi connectivity index (χ0n) is 10.4. The minimum Gasteiger partial charge on any atom is -0.486 e. The van der Waals surface area contributed by atoms with Crippen molar-refractivity contribution in [3.8, 4) is 5.75 Å². The highest BCUT2D eigenvalue weighted by molar-refractivity contribution is 9.10. The van der Waals surface area contributed by atoms with Gasteiger partial charge in [-0.25, -0.2) is 4.39 Å². The van der Waals surface area contributed by atoms with E-state index in [-0.39, 0.29) is 21.8 Å². The van der Waals surface area contributed by atoms with Gasteiger partial charge in [0, 0.05) is 5.92 Å². The lowest BCUT2D eigenvalue weighted by Gasteiger charge is -2.15. The van der Waals surface area contributed by atoms with E-state index in [1.165, 1.54) is 0 Å². The van der Waals surface area contributed by atoms with E-state index in [2.05, 4.69) is 28.6 Å². The number of nitrogens with zero attached hydrogens (tertiary/aromatic N) is 1. The van der Waals surface area contributed by atoms with Crippen LogP contribution in [0, 0.1) is 21.8 Å². The molecule has 0 amide bonds. The maximum Gasteiger partial charge on any atom is 0.315 e. The molecule has 7 heteroatoms. The molecule has 0 saturated carbocycles. The van der Waals surface area contributed by atoms with Crippen LogP contribution in [0.25, 0.3) is 0 Å². The van der Waals surface area contributed by atoms with Crippen molar-refractivity contribution in [3.05, 3.63) is 32.5 Å². The Morgan fingerprint density at radius 3 is 2.79 bits per heavy atom. The average Bonchev–Trinajstić information content (AvgIpc) is 2.35. The van der Waals surface area contributed by atoms with Crippen molar-refractivity contribution in [3.63, 3.8) is 0 Å². The number of halogens is 2. The minimum absolute atomic E-state index is 0.0642. The largest absolute Gasteiger partial charge is 0.486 e. The molecule has 0 saturated heterocycles. The molecule has 1 unspecified atom stereocenters. The predicted octanol–water partition coefficient (Wildman–Crippen LogP) is 4.22. The molecule has 1 atom stereocenters. The van der Waals surface area contributed by atoms with Crippen molar-refractivity contribution >= 4 is 34.2 Å². The second-order valence-electron chi connectivity index (χ2n) is 4.14. The molecule has 1 rings (SSSR count). The maximum absolute atomic E-state index is 13.2. The molecule has 0 aliphatic carbocycles. The van der Waals surface area contributed by atoms with Gasteiger partial charge < -0.3 is 4.74 Å². The average molecular weight is 352 g/mol. The summed E-state index contributed by atoms with van der Waals surface area (Å²) in [4.78, 5) is 10.2. The number of ether oxygens (including phenoxy) is 1. The minimum atomic E-state index is -0.676. The molecule has 0 bridgehead atoms. The van der Waals surface area contributed by atoms with Gasteiger partial charge in [-0.2, -0.15) is 12.6 Å². The van der Waals surface area contributed by atoms with E-state index in [0.29, 0.717) is 12.4 Å². The first kappa shape index (κ1) is 16.2. The van der Waals surface area contributed by atoms with Gasteiger partial charge in [-0.1, -0.05) is 13.3 Å². The van der Waals surface area contributed by atoms with Gasteiger partial charge in [-0.05, 0) is 34.2 Å². The lowest BCUT2D eigenvalue weighted by molar-refractivity contribution is -0.386. The van der Waals surface area contributed by atoms with Gasteiger partial charge in [-0.15, -0.1) is 0 Å². The van der Waals surface area contributed by atoms with Crippen LogP contribution in [0.5, 0.6) is 5.75 Å². The summed E-state index contributed by atoms with van der Waals surface area (Å²) in [6.07, 6.45) is 1.91. The predicted molar refractivity (Wildman–Crippen MR) is 78.5 cm³/mol. The van der Waals surface area contributed by atoms with Gasteiger partial charge in [0.25, 0.3) is 0 Å². The third kappa shape index (κ3) is 4.65. The SMILES string of the molecule is CCCC(CS)COc1c(Br)cc(F)cc1[N+](=O)[O-]. The second-order valence-corrected chi connectivity index (χ2v) is 5.36. The van der Waals surface area contributed by atoms with Crippen molar-refractivity contribution < 1.29 is 14.1 Å². The van der Waals surface area contributed by atoms with Crippen molar-refractivity contribution in [2.24, 2.45) is 5.92 Å². The van der Waals surface area contributed by atoms with Crippen molar-refractivity contribution in [1.29, 1.82) is 0 Å². The number of hydrogen-bond donors (Lipinski definition) is 1. The van der Waals surface area contributed by atoms with Crippen molar-refractivity contribution in [1.82, 2.24) is 0 Å². The first-order valence-electron chi connectivity index (χ1n) is 5.86. The van der Waals surface area contributed by atoms with Gasteiger partial charge in [0.15, 0.2) is 0 Å². The Balaban J connectivity index is 2.90. The number of benzene rings is 1. The molecule has 0 spiro atoms. The lowest BCUT2D eigenvalue weighted by atomic mass is 10.1. The Hall–Kier alpha value is -0.820. The number of thiol groups is 1. The molecule has 0 radical (unpaired) electrons. The number of nitro groups is 1. The molecule has 0 aliphatic rings. The summed E-state index contributed by atoms with van der Waals surface area (Å²) in [5, 5.41) is 10.9. The summed E-state index contributed by atoms with van der Waals surface area (Å²) in [5.74, 6) is 0.241. The van der Waals surface area contributed by atoms with Crippen molar-refractivity contribution in [2.75, 3.05) is 12.4 Å². The molecule has 4 nitrogen and oxygen atoms in total. The monoisotopic (exact) mass is 351 g/mol. The summed E-state index contributed by atoms with van der Waals surface area (Å²) in [6, 6.07) is 2.01. The van der Waals surface area contributed by atoms with Gasteiger partial charge in [0.05, 0.1) is 22.1 Å². The lowest BCUT2D eigenvalue weighted by Crippen LogP contribution is -2.14. The summed E-state index contributed by atoms with van der Waals surface area (Å²) >= 11 is 7.31.